The maximum absolute atomic E-state index is 11.8. The second kappa shape index (κ2) is 4.41. The summed E-state index contributed by atoms with van der Waals surface area (Å²) in [7, 11) is 0. The van der Waals surface area contributed by atoms with Gasteiger partial charge in [0.15, 0.2) is 0 Å². The predicted octanol–water partition coefficient (Wildman–Crippen LogP) is -0.586. The van der Waals surface area contributed by atoms with Crippen molar-refractivity contribution >= 4 is 11.8 Å². The molecule has 1 aliphatic heterocycles. The molecule has 1 aliphatic carbocycles. The van der Waals surface area contributed by atoms with Crippen LogP contribution in [0.15, 0.2) is 0 Å². The van der Waals surface area contributed by atoms with Crippen molar-refractivity contribution in [3.63, 3.8) is 0 Å². The molecule has 90 valence electrons. The molecule has 16 heavy (non-hydrogen) atoms. The van der Waals surface area contributed by atoms with E-state index in [-0.39, 0.29) is 30.9 Å². The Morgan fingerprint density at radius 1 is 1.25 bits per heavy atom. The monoisotopic (exact) mass is 225 g/mol. The number of rotatable bonds is 4. The highest BCUT2D eigenvalue weighted by Crippen LogP contribution is 2.31. The summed E-state index contributed by atoms with van der Waals surface area (Å²) in [5.41, 5.74) is 5.97. The maximum atomic E-state index is 11.8. The average Bonchev–Trinajstić information content (AvgIpc) is 3.06. The molecule has 0 bridgehead atoms. The zero-order valence-corrected chi connectivity index (χ0v) is 9.69. The van der Waals surface area contributed by atoms with Crippen LogP contribution in [-0.4, -0.2) is 53.8 Å². The summed E-state index contributed by atoms with van der Waals surface area (Å²) >= 11 is 0. The van der Waals surface area contributed by atoms with Crippen LogP contribution in [0, 0.1) is 5.92 Å². The van der Waals surface area contributed by atoms with Crippen molar-refractivity contribution in [2.75, 3.05) is 26.2 Å². The lowest BCUT2D eigenvalue weighted by Gasteiger charge is -2.34. The summed E-state index contributed by atoms with van der Waals surface area (Å²) in [5.74, 6) is 0.620. The number of carbonyl (C=O) groups is 2. The van der Waals surface area contributed by atoms with E-state index < -0.39 is 0 Å². The van der Waals surface area contributed by atoms with Gasteiger partial charge < -0.3 is 15.5 Å². The first kappa shape index (κ1) is 11.4. The van der Waals surface area contributed by atoms with E-state index >= 15 is 0 Å². The quantitative estimate of drug-likeness (QED) is 0.695. The third kappa shape index (κ3) is 2.35. The SMILES string of the molecule is CCN1CC(=O)N(CC(N)C2CC2)CC1=O. The van der Waals surface area contributed by atoms with Gasteiger partial charge in [-0.25, -0.2) is 0 Å². The number of hydrogen-bond acceptors (Lipinski definition) is 3. The minimum absolute atomic E-state index is 0.0255. The van der Waals surface area contributed by atoms with Crippen molar-refractivity contribution < 1.29 is 9.59 Å². The van der Waals surface area contributed by atoms with Crippen molar-refractivity contribution in [1.29, 1.82) is 0 Å². The van der Waals surface area contributed by atoms with Gasteiger partial charge in [-0.3, -0.25) is 9.59 Å². The highest BCUT2D eigenvalue weighted by molar-refractivity contribution is 5.92. The molecular formula is C11H19N3O2. The molecule has 2 N–H and O–H groups in total. The van der Waals surface area contributed by atoms with Gasteiger partial charge in [-0.05, 0) is 25.7 Å². The Labute approximate surface area is 95.6 Å². The Hall–Kier alpha value is -1.10. The molecule has 2 rings (SSSR count). The van der Waals surface area contributed by atoms with Crippen LogP contribution in [0.4, 0.5) is 0 Å². The molecule has 1 saturated carbocycles. The summed E-state index contributed by atoms with van der Waals surface area (Å²) in [6.07, 6.45) is 2.33. The van der Waals surface area contributed by atoms with E-state index in [9.17, 15) is 9.59 Å². The number of amides is 2. The number of likely N-dealkylation sites (N-methyl/N-ethyl adjacent to an activating group) is 1. The van der Waals surface area contributed by atoms with Gasteiger partial charge >= 0.3 is 0 Å². The van der Waals surface area contributed by atoms with Gasteiger partial charge in [0.25, 0.3) is 0 Å². The van der Waals surface area contributed by atoms with Crippen LogP contribution in [0.5, 0.6) is 0 Å². The first-order chi connectivity index (χ1) is 7.61. The van der Waals surface area contributed by atoms with Crippen LogP contribution in [-0.2, 0) is 9.59 Å². The topological polar surface area (TPSA) is 66.6 Å². The van der Waals surface area contributed by atoms with E-state index in [0.29, 0.717) is 19.0 Å². The smallest absolute Gasteiger partial charge is 0.242 e. The Kier molecular flexibility index (Phi) is 3.14. The van der Waals surface area contributed by atoms with Gasteiger partial charge in [-0.1, -0.05) is 0 Å². The lowest BCUT2D eigenvalue weighted by atomic mass is 10.1. The number of nitrogens with zero attached hydrogens (tertiary/aromatic N) is 2. The van der Waals surface area contributed by atoms with Crippen molar-refractivity contribution in [2.45, 2.75) is 25.8 Å². The highest BCUT2D eigenvalue weighted by Gasteiger charge is 2.34. The number of hydrogen-bond donors (Lipinski definition) is 1. The van der Waals surface area contributed by atoms with E-state index in [2.05, 4.69) is 0 Å². The fourth-order valence-corrected chi connectivity index (χ4v) is 2.09. The van der Waals surface area contributed by atoms with E-state index in [1.807, 2.05) is 6.92 Å². The van der Waals surface area contributed by atoms with Gasteiger partial charge in [0.2, 0.25) is 11.8 Å². The standard InChI is InChI=1S/C11H19N3O2/c1-2-13-6-11(16)14(7-10(13)15)5-9(12)8-3-4-8/h8-9H,2-7,12H2,1H3. The molecule has 5 heteroatoms. The molecule has 1 heterocycles. The van der Waals surface area contributed by atoms with Gasteiger partial charge in [0.05, 0.1) is 13.1 Å². The normalized spacial score (nSPS) is 23.9. The third-order valence-electron chi connectivity index (χ3n) is 3.40. The minimum atomic E-state index is 0.0255. The van der Waals surface area contributed by atoms with Crippen LogP contribution in [0.1, 0.15) is 19.8 Å². The Balaban J connectivity index is 1.90. The average molecular weight is 225 g/mol. The zero-order chi connectivity index (χ0) is 11.7. The summed E-state index contributed by atoms with van der Waals surface area (Å²) < 4.78 is 0. The van der Waals surface area contributed by atoms with E-state index in [4.69, 9.17) is 5.73 Å². The van der Waals surface area contributed by atoms with Gasteiger partial charge in [0.1, 0.15) is 0 Å². The van der Waals surface area contributed by atoms with Crippen LogP contribution in [0.25, 0.3) is 0 Å². The van der Waals surface area contributed by atoms with Gasteiger partial charge in [0, 0.05) is 19.1 Å². The van der Waals surface area contributed by atoms with Crippen LogP contribution >= 0.6 is 0 Å². The van der Waals surface area contributed by atoms with Crippen molar-refractivity contribution in [1.82, 2.24) is 9.80 Å². The molecule has 0 radical (unpaired) electrons. The van der Waals surface area contributed by atoms with Crippen LogP contribution in [0.2, 0.25) is 0 Å². The Bertz CT molecular complexity index is 302. The molecule has 2 amide bonds. The first-order valence-corrected chi connectivity index (χ1v) is 5.93. The molecule has 0 spiro atoms. The molecule has 0 aromatic rings. The molecule has 1 saturated heterocycles. The summed E-state index contributed by atoms with van der Waals surface area (Å²) in [6.45, 7) is 3.44. The number of nitrogens with two attached hydrogens (primary N) is 1. The lowest BCUT2D eigenvalue weighted by molar-refractivity contribution is -0.150. The van der Waals surface area contributed by atoms with Crippen molar-refractivity contribution in [2.24, 2.45) is 11.7 Å². The Morgan fingerprint density at radius 3 is 2.38 bits per heavy atom. The van der Waals surface area contributed by atoms with Gasteiger partial charge in [-0.2, -0.15) is 0 Å². The molecule has 0 aromatic heterocycles. The maximum Gasteiger partial charge on any atom is 0.242 e. The second-order valence-electron chi connectivity index (χ2n) is 4.68. The lowest BCUT2D eigenvalue weighted by Crippen LogP contribution is -2.56. The first-order valence-electron chi connectivity index (χ1n) is 5.93. The summed E-state index contributed by atoms with van der Waals surface area (Å²) in [5, 5.41) is 0. The third-order valence-corrected chi connectivity index (χ3v) is 3.40. The predicted molar refractivity (Wildman–Crippen MR) is 59.5 cm³/mol. The van der Waals surface area contributed by atoms with E-state index in [1.54, 1.807) is 9.80 Å². The molecule has 0 aromatic carbocycles. The molecule has 1 atom stereocenters. The minimum Gasteiger partial charge on any atom is -0.332 e. The largest absolute Gasteiger partial charge is 0.332 e. The molecule has 1 unspecified atom stereocenters. The van der Waals surface area contributed by atoms with Gasteiger partial charge in [-0.15, -0.1) is 0 Å². The number of piperazine rings is 1. The molecule has 2 aliphatic rings. The van der Waals surface area contributed by atoms with Crippen LogP contribution in [0.3, 0.4) is 0 Å². The molecule has 2 fully saturated rings. The molecule has 5 nitrogen and oxygen atoms in total. The van der Waals surface area contributed by atoms with E-state index in [0.717, 1.165) is 12.8 Å². The Morgan fingerprint density at radius 2 is 1.81 bits per heavy atom. The van der Waals surface area contributed by atoms with Crippen molar-refractivity contribution in [3.8, 4) is 0 Å². The fourth-order valence-electron chi connectivity index (χ4n) is 2.09. The molecular weight excluding hydrogens is 206 g/mol. The van der Waals surface area contributed by atoms with Crippen molar-refractivity contribution in [3.05, 3.63) is 0 Å². The van der Waals surface area contributed by atoms with Crippen LogP contribution < -0.4 is 5.73 Å². The highest BCUT2D eigenvalue weighted by atomic mass is 16.2. The zero-order valence-electron chi connectivity index (χ0n) is 9.69. The summed E-state index contributed by atoms with van der Waals surface area (Å²) in [4.78, 5) is 26.6. The second-order valence-corrected chi connectivity index (χ2v) is 4.68. The summed E-state index contributed by atoms with van der Waals surface area (Å²) in [6, 6.07) is 0.0462. The van der Waals surface area contributed by atoms with E-state index in [1.165, 1.54) is 0 Å². The number of carbonyl (C=O) groups excluding carboxylic acids is 2. The fraction of sp³-hybridized carbons (Fsp3) is 0.818.